The molecule has 1 saturated carbocycles. The van der Waals surface area contributed by atoms with E-state index in [1.807, 2.05) is 26.0 Å². The van der Waals surface area contributed by atoms with Gasteiger partial charge in [0.1, 0.15) is 4.90 Å². The first-order valence-corrected chi connectivity index (χ1v) is 7.77. The Morgan fingerprint density at radius 1 is 1.32 bits per heavy atom. The zero-order chi connectivity index (χ0) is 13.7. The number of nitrogens with zero attached hydrogens (tertiary/aromatic N) is 1. The first-order chi connectivity index (χ1) is 8.90. The molecule has 0 atom stereocenters. The number of nitrogens with one attached hydrogen (secondary N) is 1. The molecule has 1 N–H and O–H groups in total. The van der Waals surface area contributed by atoms with Gasteiger partial charge in [-0.2, -0.15) is 0 Å². The molecule has 3 rings (SSSR count). The quantitative estimate of drug-likeness (QED) is 0.936. The molecule has 5 heteroatoms. The lowest BCUT2D eigenvalue weighted by molar-refractivity contribution is 0.559. The van der Waals surface area contributed by atoms with Crippen LogP contribution < -0.4 is 4.72 Å². The number of aromatic nitrogens is 1. The summed E-state index contributed by atoms with van der Waals surface area (Å²) in [5, 5.41) is 0.851. The SMILES string of the molecule is Cc1cnc2c(S(=O)(=O)NC3(C)CC3)cccc2c1. The van der Waals surface area contributed by atoms with E-state index in [1.54, 1.807) is 18.3 Å². The van der Waals surface area contributed by atoms with Gasteiger partial charge in [-0.25, -0.2) is 13.1 Å². The third kappa shape index (κ3) is 2.35. The van der Waals surface area contributed by atoms with Gasteiger partial charge in [-0.05, 0) is 44.4 Å². The molecule has 0 unspecified atom stereocenters. The highest BCUT2D eigenvalue weighted by Gasteiger charge is 2.41. The summed E-state index contributed by atoms with van der Waals surface area (Å²) >= 11 is 0. The summed E-state index contributed by atoms with van der Waals surface area (Å²) < 4.78 is 27.6. The van der Waals surface area contributed by atoms with Gasteiger partial charge >= 0.3 is 0 Å². The van der Waals surface area contributed by atoms with E-state index in [9.17, 15) is 8.42 Å². The number of pyridine rings is 1. The standard InChI is InChI=1S/C14H16N2O2S/c1-10-8-11-4-3-5-12(13(11)15-9-10)19(17,18)16-14(2)6-7-14/h3-5,8-9,16H,6-7H2,1-2H3. The lowest BCUT2D eigenvalue weighted by atomic mass is 10.2. The first kappa shape index (κ1) is 12.6. The summed E-state index contributed by atoms with van der Waals surface area (Å²) in [6, 6.07) is 7.19. The minimum Gasteiger partial charge on any atom is -0.255 e. The maximum atomic E-state index is 12.4. The second kappa shape index (κ2) is 4.02. The highest BCUT2D eigenvalue weighted by Crippen LogP contribution is 2.36. The number of hydrogen-bond donors (Lipinski definition) is 1. The van der Waals surface area contributed by atoms with Crippen LogP contribution in [-0.4, -0.2) is 18.9 Å². The minimum absolute atomic E-state index is 0.262. The summed E-state index contributed by atoms with van der Waals surface area (Å²) in [4.78, 5) is 4.54. The molecule has 1 fully saturated rings. The molecule has 100 valence electrons. The fraction of sp³-hybridized carbons (Fsp3) is 0.357. The third-order valence-corrected chi connectivity index (χ3v) is 5.15. The molecular weight excluding hydrogens is 260 g/mol. The third-order valence-electron chi connectivity index (χ3n) is 3.48. The van der Waals surface area contributed by atoms with E-state index in [-0.39, 0.29) is 10.4 Å². The van der Waals surface area contributed by atoms with E-state index >= 15 is 0 Å². The Labute approximate surface area is 112 Å². The first-order valence-electron chi connectivity index (χ1n) is 6.29. The van der Waals surface area contributed by atoms with Crippen LogP contribution in [0.3, 0.4) is 0 Å². The second-order valence-corrected chi connectivity index (χ2v) is 7.16. The molecule has 0 radical (unpaired) electrons. The molecule has 1 aromatic carbocycles. The Balaban J connectivity index is 2.14. The number of aryl methyl sites for hydroxylation is 1. The molecular formula is C14H16N2O2S. The van der Waals surface area contributed by atoms with E-state index in [1.165, 1.54) is 0 Å². The number of rotatable bonds is 3. The van der Waals surface area contributed by atoms with Crippen LogP contribution in [0.1, 0.15) is 25.3 Å². The van der Waals surface area contributed by atoms with Crippen molar-refractivity contribution in [3.8, 4) is 0 Å². The van der Waals surface area contributed by atoms with E-state index in [2.05, 4.69) is 9.71 Å². The van der Waals surface area contributed by atoms with Crippen molar-refractivity contribution < 1.29 is 8.42 Å². The zero-order valence-corrected chi connectivity index (χ0v) is 11.8. The molecule has 1 aliphatic carbocycles. The number of sulfonamides is 1. The van der Waals surface area contributed by atoms with Crippen molar-refractivity contribution in [2.24, 2.45) is 0 Å². The van der Waals surface area contributed by atoms with Crippen LogP contribution in [0.2, 0.25) is 0 Å². The van der Waals surface area contributed by atoms with Gasteiger partial charge in [0.2, 0.25) is 10.0 Å². The van der Waals surface area contributed by atoms with Crippen LogP contribution in [-0.2, 0) is 10.0 Å². The summed E-state index contributed by atoms with van der Waals surface area (Å²) in [6.45, 7) is 3.87. The van der Waals surface area contributed by atoms with Crippen LogP contribution in [0, 0.1) is 6.92 Å². The van der Waals surface area contributed by atoms with Crippen molar-refractivity contribution >= 4 is 20.9 Å². The van der Waals surface area contributed by atoms with Crippen LogP contribution in [0.5, 0.6) is 0 Å². The average Bonchev–Trinajstić information content (AvgIpc) is 3.04. The van der Waals surface area contributed by atoms with Crippen LogP contribution in [0.15, 0.2) is 35.4 Å². The Bertz CT molecular complexity index is 749. The lowest BCUT2D eigenvalue weighted by Gasteiger charge is -2.13. The predicted molar refractivity (Wildman–Crippen MR) is 74.4 cm³/mol. The molecule has 0 amide bonds. The van der Waals surface area contributed by atoms with Crippen LogP contribution in [0.4, 0.5) is 0 Å². The Morgan fingerprint density at radius 2 is 2.05 bits per heavy atom. The molecule has 1 aliphatic rings. The van der Waals surface area contributed by atoms with Crippen molar-refractivity contribution in [2.75, 3.05) is 0 Å². The minimum atomic E-state index is -3.51. The Morgan fingerprint density at radius 3 is 2.74 bits per heavy atom. The van der Waals surface area contributed by atoms with Crippen molar-refractivity contribution in [3.63, 3.8) is 0 Å². The molecule has 4 nitrogen and oxygen atoms in total. The van der Waals surface area contributed by atoms with Crippen LogP contribution in [0.25, 0.3) is 10.9 Å². The molecule has 0 saturated heterocycles. The Hall–Kier alpha value is -1.46. The highest BCUT2D eigenvalue weighted by atomic mass is 32.2. The molecule has 0 bridgehead atoms. The lowest BCUT2D eigenvalue weighted by Crippen LogP contribution is -2.34. The van der Waals surface area contributed by atoms with E-state index < -0.39 is 10.0 Å². The fourth-order valence-corrected chi connectivity index (χ4v) is 3.77. The van der Waals surface area contributed by atoms with Gasteiger partial charge in [-0.1, -0.05) is 12.1 Å². The smallest absolute Gasteiger partial charge is 0.243 e. The van der Waals surface area contributed by atoms with Gasteiger partial charge in [0.25, 0.3) is 0 Å². The monoisotopic (exact) mass is 276 g/mol. The largest absolute Gasteiger partial charge is 0.255 e. The highest BCUT2D eigenvalue weighted by molar-refractivity contribution is 7.89. The van der Waals surface area contributed by atoms with Gasteiger partial charge in [0.15, 0.2) is 0 Å². The predicted octanol–water partition coefficient (Wildman–Crippen LogP) is 2.37. The van der Waals surface area contributed by atoms with Crippen molar-refractivity contribution in [1.29, 1.82) is 0 Å². The molecule has 1 heterocycles. The number of hydrogen-bond acceptors (Lipinski definition) is 3. The van der Waals surface area contributed by atoms with Crippen LogP contribution >= 0.6 is 0 Å². The van der Waals surface area contributed by atoms with E-state index in [0.29, 0.717) is 5.52 Å². The summed E-state index contributed by atoms with van der Waals surface area (Å²) in [7, 11) is -3.51. The fourth-order valence-electron chi connectivity index (χ4n) is 2.13. The van der Waals surface area contributed by atoms with Gasteiger partial charge in [0, 0.05) is 17.1 Å². The average molecular weight is 276 g/mol. The van der Waals surface area contributed by atoms with Gasteiger partial charge in [-0.3, -0.25) is 4.98 Å². The maximum Gasteiger partial charge on any atom is 0.243 e. The molecule has 19 heavy (non-hydrogen) atoms. The van der Waals surface area contributed by atoms with E-state index in [4.69, 9.17) is 0 Å². The maximum absolute atomic E-state index is 12.4. The number of fused-ring (bicyclic) bond motifs is 1. The second-order valence-electron chi connectivity index (χ2n) is 5.51. The normalized spacial score (nSPS) is 17.6. The zero-order valence-electron chi connectivity index (χ0n) is 11.0. The molecule has 0 aliphatic heterocycles. The summed E-state index contributed by atoms with van der Waals surface area (Å²) in [6.07, 6.45) is 3.48. The van der Waals surface area contributed by atoms with E-state index in [0.717, 1.165) is 23.8 Å². The Kier molecular flexibility index (Phi) is 2.66. The topological polar surface area (TPSA) is 59.1 Å². The molecule has 1 aromatic heterocycles. The summed E-state index contributed by atoms with van der Waals surface area (Å²) in [5.74, 6) is 0. The van der Waals surface area contributed by atoms with Crippen molar-refractivity contribution in [2.45, 2.75) is 37.1 Å². The van der Waals surface area contributed by atoms with Crippen molar-refractivity contribution in [3.05, 3.63) is 36.0 Å². The number of benzene rings is 1. The van der Waals surface area contributed by atoms with Crippen molar-refractivity contribution in [1.82, 2.24) is 9.71 Å². The van der Waals surface area contributed by atoms with Gasteiger partial charge in [0.05, 0.1) is 5.52 Å². The molecule has 2 aromatic rings. The molecule has 0 spiro atoms. The van der Waals surface area contributed by atoms with Gasteiger partial charge < -0.3 is 0 Å². The summed E-state index contributed by atoms with van der Waals surface area (Å²) in [5.41, 5.74) is 1.28. The van der Waals surface area contributed by atoms with Gasteiger partial charge in [-0.15, -0.1) is 0 Å². The number of para-hydroxylation sites is 1.